The van der Waals surface area contributed by atoms with Gasteiger partial charge in [-0.1, -0.05) is 102 Å². The second-order valence-electron chi connectivity index (χ2n) is 11.0. The SMILES string of the molecule is CC(C)C1CCC(PC2(c3ccccc3-c3ccccc3)CCCCC2)C(C(C)C)C1. The van der Waals surface area contributed by atoms with Gasteiger partial charge >= 0.3 is 0 Å². The Labute approximate surface area is 193 Å². The fourth-order valence-corrected chi connectivity index (χ4v) is 9.30. The van der Waals surface area contributed by atoms with Crippen molar-refractivity contribution in [2.75, 3.05) is 0 Å². The smallest absolute Gasteiger partial charge is 0.0135 e. The van der Waals surface area contributed by atoms with Crippen LogP contribution in [0.15, 0.2) is 54.6 Å². The molecular formula is C30H43P. The molecule has 0 aromatic heterocycles. The first-order valence-electron chi connectivity index (χ1n) is 12.9. The highest BCUT2D eigenvalue weighted by molar-refractivity contribution is 7.40. The van der Waals surface area contributed by atoms with Crippen LogP contribution in [0.25, 0.3) is 11.1 Å². The van der Waals surface area contributed by atoms with Gasteiger partial charge < -0.3 is 0 Å². The van der Waals surface area contributed by atoms with E-state index in [0.717, 1.165) is 37.9 Å². The van der Waals surface area contributed by atoms with Crippen LogP contribution in [0.1, 0.15) is 84.6 Å². The van der Waals surface area contributed by atoms with Crippen molar-refractivity contribution in [2.24, 2.45) is 23.7 Å². The molecule has 2 fully saturated rings. The summed E-state index contributed by atoms with van der Waals surface area (Å²) in [5.74, 6) is 3.49. The monoisotopic (exact) mass is 434 g/mol. The average molecular weight is 435 g/mol. The van der Waals surface area contributed by atoms with Crippen LogP contribution >= 0.6 is 8.58 Å². The molecule has 0 spiro atoms. The van der Waals surface area contributed by atoms with E-state index in [1.54, 1.807) is 5.56 Å². The van der Waals surface area contributed by atoms with Crippen LogP contribution in [0.5, 0.6) is 0 Å². The minimum absolute atomic E-state index is 0.396. The molecule has 2 saturated carbocycles. The summed E-state index contributed by atoms with van der Waals surface area (Å²) in [7, 11) is 1.08. The lowest BCUT2D eigenvalue weighted by atomic mass is 9.72. The Morgan fingerprint density at radius 3 is 2.13 bits per heavy atom. The van der Waals surface area contributed by atoms with Gasteiger partial charge in [0.1, 0.15) is 0 Å². The van der Waals surface area contributed by atoms with Gasteiger partial charge in [-0.2, -0.15) is 0 Å². The minimum atomic E-state index is 0.396. The van der Waals surface area contributed by atoms with Gasteiger partial charge in [-0.05, 0) is 78.1 Å². The van der Waals surface area contributed by atoms with Gasteiger partial charge in [0, 0.05) is 5.16 Å². The maximum absolute atomic E-state index is 2.50. The Kier molecular flexibility index (Phi) is 7.59. The highest BCUT2D eigenvalue weighted by atomic mass is 31.1. The summed E-state index contributed by atoms with van der Waals surface area (Å²) in [6.45, 7) is 9.89. The van der Waals surface area contributed by atoms with Crippen LogP contribution in [-0.4, -0.2) is 5.66 Å². The fourth-order valence-electron chi connectivity index (χ4n) is 6.53. The van der Waals surface area contributed by atoms with Crippen molar-refractivity contribution < 1.29 is 0 Å². The van der Waals surface area contributed by atoms with E-state index in [0.29, 0.717) is 5.16 Å². The Balaban J connectivity index is 1.69. The lowest BCUT2D eigenvalue weighted by Crippen LogP contribution is -2.36. The Morgan fingerprint density at radius 1 is 0.774 bits per heavy atom. The average Bonchev–Trinajstić information content (AvgIpc) is 2.80. The molecule has 2 aliphatic carbocycles. The molecule has 4 atom stereocenters. The molecule has 1 heteroatoms. The molecule has 0 bridgehead atoms. The summed E-state index contributed by atoms with van der Waals surface area (Å²) in [5, 5.41) is 0.396. The minimum Gasteiger partial charge on any atom is -0.107 e. The van der Waals surface area contributed by atoms with E-state index in [1.165, 1.54) is 62.5 Å². The van der Waals surface area contributed by atoms with E-state index in [-0.39, 0.29) is 0 Å². The number of rotatable bonds is 6. The van der Waals surface area contributed by atoms with E-state index in [2.05, 4.69) is 82.3 Å². The van der Waals surface area contributed by atoms with Crippen LogP contribution in [-0.2, 0) is 5.16 Å². The van der Waals surface area contributed by atoms with E-state index in [1.807, 2.05) is 0 Å². The summed E-state index contributed by atoms with van der Waals surface area (Å²) in [4.78, 5) is 0. The molecule has 0 N–H and O–H groups in total. The third-order valence-electron chi connectivity index (χ3n) is 8.44. The topological polar surface area (TPSA) is 0 Å². The highest BCUT2D eigenvalue weighted by Gasteiger charge is 2.42. The highest BCUT2D eigenvalue weighted by Crippen LogP contribution is 2.60. The van der Waals surface area contributed by atoms with Crippen molar-refractivity contribution in [2.45, 2.75) is 89.9 Å². The molecule has 31 heavy (non-hydrogen) atoms. The first-order valence-corrected chi connectivity index (χ1v) is 14.0. The standard InChI is InChI=1S/C30H43P/c1-22(2)25-17-18-29(27(21-25)23(3)4)31-30(19-11-6-12-20-30)28-16-10-9-15-26(28)24-13-7-5-8-14-24/h5,7-10,13-16,22-23,25,27,29,31H,6,11-12,17-21H2,1-4H3. The van der Waals surface area contributed by atoms with E-state index >= 15 is 0 Å². The van der Waals surface area contributed by atoms with Gasteiger partial charge in [-0.15, -0.1) is 8.58 Å². The Hall–Kier alpha value is -1.13. The lowest BCUT2D eigenvalue weighted by molar-refractivity contribution is 0.181. The zero-order chi connectivity index (χ0) is 21.8. The van der Waals surface area contributed by atoms with Gasteiger partial charge in [0.05, 0.1) is 0 Å². The Bertz CT molecular complexity index is 815. The van der Waals surface area contributed by atoms with Crippen molar-refractivity contribution in [3.05, 3.63) is 60.2 Å². The molecule has 0 aliphatic heterocycles. The summed E-state index contributed by atoms with van der Waals surface area (Å²) in [5.41, 5.74) is 5.47. The lowest BCUT2D eigenvalue weighted by Gasteiger charge is -2.47. The molecule has 0 saturated heterocycles. The van der Waals surface area contributed by atoms with E-state index in [4.69, 9.17) is 0 Å². The van der Waals surface area contributed by atoms with Crippen molar-refractivity contribution in [3.63, 3.8) is 0 Å². The van der Waals surface area contributed by atoms with Crippen molar-refractivity contribution in [1.82, 2.24) is 0 Å². The molecule has 0 radical (unpaired) electrons. The zero-order valence-corrected chi connectivity index (χ0v) is 21.2. The number of benzene rings is 2. The molecule has 0 nitrogen and oxygen atoms in total. The molecule has 2 aromatic rings. The molecular weight excluding hydrogens is 391 g/mol. The molecule has 168 valence electrons. The predicted octanol–water partition coefficient (Wildman–Crippen LogP) is 9.29. The molecule has 2 aromatic carbocycles. The van der Waals surface area contributed by atoms with Gasteiger partial charge in [0.15, 0.2) is 0 Å². The molecule has 4 rings (SSSR count). The molecule has 4 unspecified atom stereocenters. The van der Waals surface area contributed by atoms with Crippen molar-refractivity contribution in [1.29, 1.82) is 0 Å². The van der Waals surface area contributed by atoms with E-state index in [9.17, 15) is 0 Å². The van der Waals surface area contributed by atoms with Crippen molar-refractivity contribution >= 4 is 8.58 Å². The van der Waals surface area contributed by atoms with Gasteiger partial charge in [-0.3, -0.25) is 0 Å². The van der Waals surface area contributed by atoms with Crippen LogP contribution in [0, 0.1) is 23.7 Å². The zero-order valence-electron chi connectivity index (χ0n) is 20.2. The largest absolute Gasteiger partial charge is 0.107 e. The predicted molar refractivity (Wildman–Crippen MR) is 139 cm³/mol. The fraction of sp³-hybridized carbons (Fsp3) is 0.600. The summed E-state index contributed by atoms with van der Waals surface area (Å²) < 4.78 is 0. The first kappa shape index (κ1) is 23.0. The quantitative estimate of drug-likeness (QED) is 0.397. The summed E-state index contributed by atoms with van der Waals surface area (Å²) >= 11 is 0. The van der Waals surface area contributed by atoms with Crippen molar-refractivity contribution in [3.8, 4) is 11.1 Å². The summed E-state index contributed by atoms with van der Waals surface area (Å²) in [6.07, 6.45) is 11.4. The third kappa shape index (κ3) is 5.11. The Morgan fingerprint density at radius 2 is 1.45 bits per heavy atom. The van der Waals surface area contributed by atoms with Crippen LogP contribution in [0.3, 0.4) is 0 Å². The third-order valence-corrected chi connectivity index (χ3v) is 10.8. The second-order valence-corrected chi connectivity index (χ2v) is 13.0. The molecule has 0 heterocycles. The maximum Gasteiger partial charge on any atom is 0.0135 e. The second kappa shape index (κ2) is 10.2. The number of hydrogen-bond donors (Lipinski definition) is 0. The van der Waals surface area contributed by atoms with Gasteiger partial charge in [0.2, 0.25) is 0 Å². The first-order chi connectivity index (χ1) is 15.0. The van der Waals surface area contributed by atoms with E-state index < -0.39 is 0 Å². The maximum atomic E-state index is 2.50. The van der Waals surface area contributed by atoms with Crippen LogP contribution in [0.2, 0.25) is 0 Å². The number of hydrogen-bond acceptors (Lipinski definition) is 0. The molecule has 2 aliphatic rings. The normalized spacial score (nSPS) is 26.7. The van der Waals surface area contributed by atoms with Crippen LogP contribution in [0.4, 0.5) is 0 Å². The van der Waals surface area contributed by atoms with Crippen LogP contribution < -0.4 is 0 Å². The molecule has 0 amide bonds. The summed E-state index contributed by atoms with van der Waals surface area (Å²) in [6, 6.07) is 20.6. The van der Waals surface area contributed by atoms with Gasteiger partial charge in [-0.25, -0.2) is 0 Å². The van der Waals surface area contributed by atoms with Gasteiger partial charge in [0.25, 0.3) is 0 Å².